The zero-order valence-corrected chi connectivity index (χ0v) is 11.3. The van der Waals surface area contributed by atoms with E-state index in [1.54, 1.807) is 0 Å². The van der Waals surface area contributed by atoms with Crippen molar-refractivity contribution in [3.05, 3.63) is 11.3 Å². The molecule has 0 amide bonds. The van der Waals surface area contributed by atoms with E-state index in [-0.39, 0.29) is 4.75 Å². The standard InChI is InChI=1S/C12H20N2OS/c1-12(2,3)16(15)13-7-11-10-5-9(6-10)8-14(11)4/h7,9H,5-6,8H2,1-4H3. The van der Waals surface area contributed by atoms with Crippen LogP contribution in [0.5, 0.6) is 0 Å². The summed E-state index contributed by atoms with van der Waals surface area (Å²) >= 11 is 0. The first-order valence-corrected chi connectivity index (χ1v) is 6.88. The van der Waals surface area contributed by atoms with Crippen LogP contribution in [0.3, 0.4) is 0 Å². The summed E-state index contributed by atoms with van der Waals surface area (Å²) in [5.74, 6) is 0.852. The maximum Gasteiger partial charge on any atom is 0.144 e. The number of rotatable bonds is 2. The Bertz CT molecular complexity index is 371. The highest BCUT2D eigenvalue weighted by Crippen LogP contribution is 2.40. The number of allylic oxidation sites excluding steroid dienone is 2. The molecule has 2 aliphatic heterocycles. The molecular formula is C12H20N2OS. The lowest BCUT2D eigenvalue weighted by Gasteiger charge is -2.42. The van der Waals surface area contributed by atoms with E-state index in [1.165, 1.54) is 24.1 Å². The third kappa shape index (κ3) is 2.21. The maximum absolute atomic E-state index is 11.8. The molecule has 16 heavy (non-hydrogen) atoms. The summed E-state index contributed by atoms with van der Waals surface area (Å²) in [5.41, 5.74) is 2.67. The van der Waals surface area contributed by atoms with Gasteiger partial charge in [-0.3, -0.25) is 0 Å². The van der Waals surface area contributed by atoms with Gasteiger partial charge in [0.25, 0.3) is 0 Å². The van der Waals surface area contributed by atoms with Gasteiger partial charge >= 0.3 is 0 Å². The summed E-state index contributed by atoms with van der Waals surface area (Å²) in [4.78, 5) is 2.23. The average molecular weight is 240 g/mol. The van der Waals surface area contributed by atoms with Crippen LogP contribution in [0.1, 0.15) is 33.6 Å². The molecule has 2 bridgehead atoms. The molecule has 3 aliphatic rings. The molecule has 4 heteroatoms. The molecule has 3 rings (SSSR count). The van der Waals surface area contributed by atoms with E-state index < -0.39 is 11.0 Å². The molecule has 2 heterocycles. The second-order valence-corrected chi connectivity index (χ2v) is 7.67. The number of nitrogens with zero attached hydrogens (tertiary/aromatic N) is 2. The molecular weight excluding hydrogens is 220 g/mol. The molecule has 0 saturated heterocycles. The molecule has 3 nitrogen and oxygen atoms in total. The Morgan fingerprint density at radius 3 is 2.56 bits per heavy atom. The van der Waals surface area contributed by atoms with Crippen LogP contribution in [0.4, 0.5) is 0 Å². The van der Waals surface area contributed by atoms with E-state index in [1.807, 2.05) is 27.0 Å². The smallest absolute Gasteiger partial charge is 0.144 e. The van der Waals surface area contributed by atoms with Gasteiger partial charge in [-0.1, -0.05) is 0 Å². The third-order valence-electron chi connectivity index (χ3n) is 3.17. The predicted octanol–water partition coefficient (Wildman–Crippen LogP) is 2.13. The van der Waals surface area contributed by atoms with Crippen LogP contribution in [0, 0.1) is 5.92 Å². The van der Waals surface area contributed by atoms with Crippen molar-refractivity contribution in [1.82, 2.24) is 4.90 Å². The zero-order chi connectivity index (χ0) is 11.9. The Hall–Kier alpha value is -0.640. The van der Waals surface area contributed by atoms with E-state index in [2.05, 4.69) is 16.3 Å². The summed E-state index contributed by atoms with van der Waals surface area (Å²) in [6.07, 6.45) is 4.24. The fourth-order valence-corrected chi connectivity index (χ4v) is 2.69. The third-order valence-corrected chi connectivity index (χ3v) is 4.51. The Morgan fingerprint density at radius 2 is 2.06 bits per heavy atom. The van der Waals surface area contributed by atoms with Gasteiger partial charge in [-0.25, -0.2) is 4.21 Å². The van der Waals surface area contributed by atoms with Crippen molar-refractivity contribution in [2.45, 2.75) is 38.4 Å². The minimum absolute atomic E-state index is 0.267. The Labute approximate surface area is 100 Å². The van der Waals surface area contributed by atoms with Gasteiger partial charge in [0, 0.05) is 13.6 Å². The van der Waals surface area contributed by atoms with Gasteiger partial charge in [0.05, 0.1) is 16.7 Å². The molecule has 0 aromatic rings. The summed E-state index contributed by atoms with van der Waals surface area (Å²) in [5, 5.41) is 0. The second kappa shape index (κ2) is 3.99. The first kappa shape index (κ1) is 11.8. The predicted molar refractivity (Wildman–Crippen MR) is 68.8 cm³/mol. The first-order chi connectivity index (χ1) is 7.38. The minimum atomic E-state index is -1.14. The highest BCUT2D eigenvalue weighted by atomic mass is 32.2. The summed E-state index contributed by atoms with van der Waals surface area (Å²) < 4.78 is 15.7. The number of fused-ring (bicyclic) bond motifs is 2. The molecule has 1 atom stereocenters. The van der Waals surface area contributed by atoms with Gasteiger partial charge in [0.1, 0.15) is 11.0 Å². The van der Waals surface area contributed by atoms with Crippen molar-refractivity contribution in [3.63, 3.8) is 0 Å². The van der Waals surface area contributed by atoms with E-state index >= 15 is 0 Å². The zero-order valence-electron chi connectivity index (χ0n) is 10.5. The summed E-state index contributed by atoms with van der Waals surface area (Å²) in [7, 11) is 0.947. The van der Waals surface area contributed by atoms with Crippen LogP contribution in [-0.2, 0) is 11.0 Å². The Kier molecular flexibility index (Phi) is 2.95. The fourth-order valence-electron chi connectivity index (χ4n) is 2.18. The van der Waals surface area contributed by atoms with E-state index in [0.717, 1.165) is 12.5 Å². The van der Waals surface area contributed by atoms with E-state index in [9.17, 15) is 4.21 Å². The molecule has 1 fully saturated rings. The van der Waals surface area contributed by atoms with Crippen molar-refractivity contribution >= 4 is 17.2 Å². The average Bonchev–Trinajstić information content (AvgIpc) is 2.11. The van der Waals surface area contributed by atoms with Crippen LogP contribution < -0.4 is 0 Å². The highest BCUT2D eigenvalue weighted by molar-refractivity contribution is 7.85. The summed E-state index contributed by atoms with van der Waals surface area (Å²) in [6.45, 7) is 6.96. The van der Waals surface area contributed by atoms with Crippen LogP contribution in [-0.4, -0.2) is 33.7 Å². The topological polar surface area (TPSA) is 32.7 Å². The van der Waals surface area contributed by atoms with Crippen LogP contribution in [0.25, 0.3) is 0 Å². The lowest BCUT2D eigenvalue weighted by atomic mass is 9.75. The largest absolute Gasteiger partial charge is 0.373 e. The van der Waals surface area contributed by atoms with Crippen LogP contribution in [0.2, 0.25) is 0 Å². The molecule has 0 spiro atoms. The first-order valence-electron chi connectivity index (χ1n) is 5.77. The Morgan fingerprint density at radius 1 is 1.44 bits per heavy atom. The monoisotopic (exact) mass is 240 g/mol. The molecule has 0 aromatic carbocycles. The molecule has 1 aliphatic carbocycles. The molecule has 0 aromatic heterocycles. The Balaban J connectivity index is 2.10. The van der Waals surface area contributed by atoms with E-state index in [4.69, 9.17) is 0 Å². The second-order valence-electron chi connectivity index (χ2n) is 5.74. The van der Waals surface area contributed by atoms with Crippen molar-refractivity contribution in [2.75, 3.05) is 13.6 Å². The van der Waals surface area contributed by atoms with Gasteiger partial charge in [0.15, 0.2) is 0 Å². The molecule has 1 saturated carbocycles. The summed E-state index contributed by atoms with van der Waals surface area (Å²) in [6, 6.07) is 0. The highest BCUT2D eigenvalue weighted by Gasteiger charge is 2.33. The maximum atomic E-state index is 11.8. The van der Waals surface area contributed by atoms with Gasteiger partial charge in [-0.05, 0) is 45.1 Å². The quantitative estimate of drug-likeness (QED) is 0.693. The van der Waals surface area contributed by atoms with Gasteiger partial charge in [0.2, 0.25) is 0 Å². The normalized spacial score (nSPS) is 23.9. The number of hydrogen-bond donors (Lipinski definition) is 0. The SMILES string of the molecule is CN1CC2CC(=C1C=NS(=O)C(C)(C)C)C2. The van der Waals surface area contributed by atoms with E-state index in [0.29, 0.717) is 0 Å². The van der Waals surface area contributed by atoms with Crippen LogP contribution in [0.15, 0.2) is 15.7 Å². The number of hydrogen-bond acceptors (Lipinski definition) is 2. The van der Waals surface area contributed by atoms with Crippen LogP contribution >= 0.6 is 0 Å². The van der Waals surface area contributed by atoms with Crippen molar-refractivity contribution in [2.24, 2.45) is 10.3 Å². The molecule has 90 valence electrons. The molecule has 0 N–H and O–H groups in total. The van der Waals surface area contributed by atoms with Gasteiger partial charge < -0.3 is 4.90 Å². The van der Waals surface area contributed by atoms with Crippen molar-refractivity contribution in [3.8, 4) is 0 Å². The van der Waals surface area contributed by atoms with Gasteiger partial charge in [-0.2, -0.15) is 4.40 Å². The van der Waals surface area contributed by atoms with Crippen molar-refractivity contribution in [1.29, 1.82) is 0 Å². The minimum Gasteiger partial charge on any atom is -0.373 e. The van der Waals surface area contributed by atoms with Gasteiger partial charge in [-0.15, -0.1) is 0 Å². The molecule has 1 unspecified atom stereocenters. The molecule has 0 radical (unpaired) electrons. The lowest BCUT2D eigenvalue weighted by molar-refractivity contribution is 0.248. The van der Waals surface area contributed by atoms with Crippen molar-refractivity contribution < 1.29 is 4.21 Å². The lowest BCUT2D eigenvalue weighted by Crippen LogP contribution is -2.39. The fraction of sp³-hybridized carbons (Fsp3) is 0.750.